The van der Waals surface area contributed by atoms with Crippen LogP contribution in [0.15, 0.2) is 47.4 Å². The van der Waals surface area contributed by atoms with Gasteiger partial charge in [0.05, 0.1) is 22.4 Å². The van der Waals surface area contributed by atoms with E-state index in [0.29, 0.717) is 16.8 Å². The van der Waals surface area contributed by atoms with E-state index in [-0.39, 0.29) is 11.1 Å². The third-order valence-corrected chi connectivity index (χ3v) is 7.00. The maximum atomic E-state index is 13.6. The molecule has 4 rings (SSSR count). The highest BCUT2D eigenvalue weighted by Gasteiger charge is 2.50. The number of sulfone groups is 1. The zero-order valence-corrected chi connectivity index (χ0v) is 17.1. The van der Waals surface area contributed by atoms with Crippen LogP contribution in [0, 0.1) is 13.8 Å². The van der Waals surface area contributed by atoms with Crippen LogP contribution in [0.4, 0.5) is 13.2 Å². The van der Waals surface area contributed by atoms with Gasteiger partial charge in [-0.2, -0.15) is 13.2 Å². The minimum absolute atomic E-state index is 0.0322. The first-order valence-corrected chi connectivity index (χ1v) is 10.4. The van der Waals surface area contributed by atoms with Gasteiger partial charge in [-0.15, -0.1) is 0 Å². The van der Waals surface area contributed by atoms with Gasteiger partial charge in [0.1, 0.15) is 4.90 Å². The van der Waals surface area contributed by atoms with Crippen molar-refractivity contribution in [1.29, 1.82) is 0 Å². The maximum Gasteiger partial charge on any atom is 0.502 e. The summed E-state index contributed by atoms with van der Waals surface area (Å²) in [6, 6.07) is 12.1. The summed E-state index contributed by atoms with van der Waals surface area (Å²) in [4.78, 5) is -0.699. The minimum Gasteiger partial charge on any atom is -0.342 e. The molecular weight excluding hydrogens is 401 g/mol. The predicted molar refractivity (Wildman–Crippen MR) is 108 cm³/mol. The monoisotopic (exact) mass is 420 g/mol. The number of hydrogen-bond donors (Lipinski definition) is 0. The number of hydrogen-bond acceptors (Lipinski definition) is 2. The third kappa shape index (κ3) is 2.62. The summed E-state index contributed by atoms with van der Waals surface area (Å²) in [5.74, 6) is 0. The molecule has 0 saturated carbocycles. The topological polar surface area (TPSA) is 44.0 Å². The maximum absolute atomic E-state index is 13.6. The molecule has 0 N–H and O–H groups in total. The second kappa shape index (κ2) is 6.13. The summed E-state index contributed by atoms with van der Waals surface area (Å²) in [7, 11) is -2.24. The highest BCUT2D eigenvalue weighted by Crippen LogP contribution is 2.44. The van der Waals surface area contributed by atoms with Crippen molar-refractivity contribution in [3.05, 3.63) is 53.6 Å². The third-order valence-electron chi connectivity index (χ3n) is 5.44. The first-order valence-electron chi connectivity index (χ1n) is 8.91. The standard InChI is InChI=1S/C21H19F3N2O2S/c1-12-7-5-9-14-11-16(25(3)17(12)14)19-20(29(27,28)21(22,23)24)15-10-6-8-13(2)18(15)26(19)4/h5-11H,1-4H3. The fourth-order valence-corrected chi connectivity index (χ4v) is 5.38. The highest BCUT2D eigenvalue weighted by molar-refractivity contribution is 7.92. The summed E-state index contributed by atoms with van der Waals surface area (Å²) >= 11 is 0. The van der Waals surface area contributed by atoms with Crippen LogP contribution < -0.4 is 0 Å². The molecule has 4 nitrogen and oxygen atoms in total. The normalized spacial score (nSPS) is 12.9. The smallest absolute Gasteiger partial charge is 0.342 e. The summed E-state index contributed by atoms with van der Waals surface area (Å²) in [5, 5.41) is 0.904. The number of para-hydroxylation sites is 2. The fraction of sp³-hybridized carbons (Fsp3) is 0.238. The van der Waals surface area contributed by atoms with Crippen molar-refractivity contribution >= 4 is 31.6 Å². The average Bonchev–Trinajstić information content (AvgIpc) is 3.10. The van der Waals surface area contributed by atoms with E-state index in [1.807, 2.05) is 25.1 Å². The van der Waals surface area contributed by atoms with Crippen LogP contribution in [-0.2, 0) is 23.9 Å². The Morgan fingerprint density at radius 3 is 2.03 bits per heavy atom. The van der Waals surface area contributed by atoms with Gasteiger partial charge in [0.15, 0.2) is 0 Å². The molecule has 0 unspecified atom stereocenters. The van der Waals surface area contributed by atoms with Crippen molar-refractivity contribution in [2.75, 3.05) is 0 Å². The van der Waals surface area contributed by atoms with Crippen LogP contribution in [-0.4, -0.2) is 23.1 Å². The molecule has 152 valence electrons. The lowest BCUT2D eigenvalue weighted by atomic mass is 10.1. The van der Waals surface area contributed by atoms with E-state index in [2.05, 4.69) is 0 Å². The molecule has 8 heteroatoms. The summed E-state index contributed by atoms with van der Waals surface area (Å²) in [6.07, 6.45) is 0. The number of alkyl halides is 3. The van der Waals surface area contributed by atoms with Crippen molar-refractivity contribution in [3.63, 3.8) is 0 Å². The molecule has 2 aromatic heterocycles. The largest absolute Gasteiger partial charge is 0.502 e. The van der Waals surface area contributed by atoms with Gasteiger partial charge in [0.2, 0.25) is 0 Å². The molecule has 0 fully saturated rings. The molecule has 0 atom stereocenters. The molecule has 0 aliphatic carbocycles. The van der Waals surface area contributed by atoms with Gasteiger partial charge in [-0.25, -0.2) is 8.42 Å². The molecule has 0 aliphatic heterocycles. The van der Waals surface area contributed by atoms with Crippen LogP contribution in [0.25, 0.3) is 33.2 Å². The van der Waals surface area contributed by atoms with E-state index in [1.165, 1.54) is 6.07 Å². The van der Waals surface area contributed by atoms with Gasteiger partial charge in [0, 0.05) is 24.9 Å². The summed E-state index contributed by atoms with van der Waals surface area (Å²) < 4.78 is 69.4. The predicted octanol–water partition coefficient (Wildman–Crippen LogP) is 5.25. The van der Waals surface area contributed by atoms with E-state index in [1.54, 1.807) is 48.4 Å². The minimum atomic E-state index is -5.58. The Balaban J connectivity index is 2.24. The van der Waals surface area contributed by atoms with Crippen LogP contribution in [0.5, 0.6) is 0 Å². The molecule has 4 aromatic rings. The summed E-state index contributed by atoms with van der Waals surface area (Å²) in [5.41, 5.74) is -2.00. The van der Waals surface area contributed by atoms with Crippen LogP contribution >= 0.6 is 0 Å². The van der Waals surface area contributed by atoms with Crippen molar-refractivity contribution in [1.82, 2.24) is 9.13 Å². The van der Waals surface area contributed by atoms with Crippen molar-refractivity contribution in [2.24, 2.45) is 14.1 Å². The molecular formula is C21H19F3N2O2S. The number of benzene rings is 2. The highest BCUT2D eigenvalue weighted by atomic mass is 32.2. The Morgan fingerprint density at radius 2 is 1.45 bits per heavy atom. The van der Waals surface area contributed by atoms with Crippen LogP contribution in [0.2, 0.25) is 0 Å². The molecule has 0 amide bonds. The lowest BCUT2D eigenvalue weighted by molar-refractivity contribution is -0.0435. The van der Waals surface area contributed by atoms with Crippen molar-refractivity contribution in [3.8, 4) is 11.4 Å². The van der Waals surface area contributed by atoms with Crippen molar-refractivity contribution < 1.29 is 21.6 Å². The fourth-order valence-electron chi connectivity index (χ4n) is 4.20. The van der Waals surface area contributed by atoms with Gasteiger partial charge in [-0.1, -0.05) is 36.4 Å². The Morgan fingerprint density at radius 1 is 0.862 bits per heavy atom. The van der Waals surface area contributed by atoms with E-state index in [4.69, 9.17) is 0 Å². The van der Waals surface area contributed by atoms with Crippen LogP contribution in [0.3, 0.4) is 0 Å². The Bertz CT molecular complexity index is 1390. The first kappa shape index (κ1) is 19.6. The lowest BCUT2D eigenvalue weighted by Crippen LogP contribution is -2.24. The summed E-state index contributed by atoms with van der Waals surface area (Å²) in [6.45, 7) is 3.66. The quantitative estimate of drug-likeness (QED) is 0.445. The molecule has 0 aliphatic rings. The second-order valence-corrected chi connectivity index (χ2v) is 9.14. The number of rotatable bonds is 2. The number of fused-ring (bicyclic) bond motifs is 2. The van der Waals surface area contributed by atoms with Crippen LogP contribution in [0.1, 0.15) is 11.1 Å². The SMILES string of the molecule is Cc1cccc2cc(-c3c(S(=O)(=O)C(F)(F)F)c4cccc(C)c4n3C)n(C)c12. The molecule has 0 bridgehead atoms. The Hall–Kier alpha value is -2.74. The molecule has 0 spiro atoms. The van der Waals surface area contributed by atoms with Gasteiger partial charge >= 0.3 is 5.51 Å². The van der Waals surface area contributed by atoms with Gasteiger partial charge in [-0.05, 0) is 31.0 Å². The van der Waals surface area contributed by atoms with Crippen molar-refractivity contribution in [2.45, 2.75) is 24.3 Å². The molecule has 2 aromatic carbocycles. The average molecular weight is 420 g/mol. The lowest BCUT2D eigenvalue weighted by Gasteiger charge is -2.12. The van der Waals surface area contributed by atoms with E-state index in [9.17, 15) is 21.6 Å². The second-order valence-electron chi connectivity index (χ2n) is 7.26. The van der Waals surface area contributed by atoms with E-state index < -0.39 is 20.2 Å². The van der Waals surface area contributed by atoms with E-state index >= 15 is 0 Å². The number of nitrogens with zero attached hydrogens (tertiary/aromatic N) is 2. The Kier molecular flexibility index (Phi) is 4.13. The zero-order valence-electron chi connectivity index (χ0n) is 16.3. The molecule has 0 radical (unpaired) electrons. The van der Waals surface area contributed by atoms with Gasteiger partial charge in [-0.3, -0.25) is 0 Å². The number of halogens is 3. The molecule has 29 heavy (non-hydrogen) atoms. The first-order chi connectivity index (χ1) is 13.5. The number of aromatic nitrogens is 2. The molecule has 2 heterocycles. The zero-order chi connectivity index (χ0) is 21.3. The Labute approximate surface area is 166 Å². The number of aryl methyl sites for hydroxylation is 4. The van der Waals surface area contributed by atoms with Gasteiger partial charge in [0.25, 0.3) is 9.84 Å². The molecule has 0 saturated heterocycles. The van der Waals surface area contributed by atoms with E-state index in [0.717, 1.165) is 16.5 Å². The van der Waals surface area contributed by atoms with Gasteiger partial charge < -0.3 is 9.13 Å².